The monoisotopic (exact) mass is 353 g/mol. The fourth-order valence-corrected chi connectivity index (χ4v) is 3.25. The molecule has 1 amide bonds. The van der Waals surface area contributed by atoms with E-state index >= 15 is 0 Å². The molecule has 3 rings (SSSR count). The van der Waals surface area contributed by atoms with Crippen LogP contribution in [0.15, 0.2) is 42.5 Å². The second kappa shape index (κ2) is 7.56. The molecule has 0 aliphatic carbocycles. The molecule has 26 heavy (non-hydrogen) atoms. The van der Waals surface area contributed by atoms with Gasteiger partial charge in [0, 0.05) is 30.4 Å². The number of anilines is 2. The number of carbonyl (C=O) groups excluding carboxylic acids is 1. The Morgan fingerprint density at radius 3 is 2.58 bits per heavy atom. The SMILES string of the molecule is Cc1cccc(NC(=O)c2ccc(N3CCC(C)CC3)c([N+](=O)[O-])c2)c1. The van der Waals surface area contributed by atoms with Crippen LogP contribution in [0.1, 0.15) is 35.7 Å². The van der Waals surface area contributed by atoms with Crippen LogP contribution in [0.25, 0.3) is 0 Å². The maximum absolute atomic E-state index is 12.5. The van der Waals surface area contributed by atoms with E-state index in [1.165, 1.54) is 6.07 Å². The summed E-state index contributed by atoms with van der Waals surface area (Å²) < 4.78 is 0. The normalized spacial score (nSPS) is 14.9. The zero-order valence-electron chi connectivity index (χ0n) is 15.1. The van der Waals surface area contributed by atoms with E-state index in [9.17, 15) is 14.9 Å². The first-order valence-corrected chi connectivity index (χ1v) is 8.85. The third kappa shape index (κ3) is 4.02. The van der Waals surface area contributed by atoms with E-state index in [0.717, 1.165) is 31.5 Å². The molecule has 0 aromatic heterocycles. The van der Waals surface area contributed by atoms with E-state index in [-0.39, 0.29) is 17.2 Å². The summed E-state index contributed by atoms with van der Waals surface area (Å²) in [4.78, 5) is 25.7. The molecule has 0 radical (unpaired) electrons. The van der Waals surface area contributed by atoms with Crippen LogP contribution in [-0.2, 0) is 0 Å². The Labute approximate surface area is 153 Å². The predicted octanol–water partition coefficient (Wildman–Crippen LogP) is 4.39. The number of carbonyl (C=O) groups is 1. The average molecular weight is 353 g/mol. The number of aryl methyl sites for hydroxylation is 1. The molecule has 0 bridgehead atoms. The van der Waals surface area contributed by atoms with Crippen molar-refractivity contribution in [2.45, 2.75) is 26.7 Å². The zero-order chi connectivity index (χ0) is 18.7. The van der Waals surface area contributed by atoms with Gasteiger partial charge in [-0.1, -0.05) is 19.1 Å². The first-order chi connectivity index (χ1) is 12.4. The molecule has 0 unspecified atom stereocenters. The minimum atomic E-state index is -0.406. The first kappa shape index (κ1) is 17.9. The first-order valence-electron chi connectivity index (χ1n) is 8.85. The van der Waals surface area contributed by atoms with Crippen molar-refractivity contribution in [2.75, 3.05) is 23.3 Å². The lowest BCUT2D eigenvalue weighted by Gasteiger charge is -2.31. The van der Waals surface area contributed by atoms with Crippen molar-refractivity contribution in [1.29, 1.82) is 0 Å². The van der Waals surface area contributed by atoms with Crippen LogP contribution < -0.4 is 10.2 Å². The van der Waals surface area contributed by atoms with E-state index in [2.05, 4.69) is 12.2 Å². The fourth-order valence-electron chi connectivity index (χ4n) is 3.25. The van der Waals surface area contributed by atoms with E-state index in [1.54, 1.807) is 18.2 Å². The number of nitro groups is 1. The highest BCUT2D eigenvalue weighted by Gasteiger charge is 2.24. The molecule has 2 aromatic rings. The van der Waals surface area contributed by atoms with Crippen molar-refractivity contribution < 1.29 is 9.72 Å². The molecular formula is C20H23N3O3. The zero-order valence-corrected chi connectivity index (χ0v) is 15.1. The standard InChI is InChI=1S/C20H23N3O3/c1-14-8-10-22(11-9-14)18-7-6-16(13-19(18)23(25)26)20(24)21-17-5-3-4-15(2)12-17/h3-7,12-14H,8-11H2,1-2H3,(H,21,24). The lowest BCUT2D eigenvalue weighted by atomic mass is 9.98. The molecule has 1 saturated heterocycles. The third-order valence-corrected chi connectivity index (χ3v) is 4.83. The fraction of sp³-hybridized carbons (Fsp3) is 0.350. The van der Waals surface area contributed by atoms with Crippen LogP contribution in [0.5, 0.6) is 0 Å². The van der Waals surface area contributed by atoms with Gasteiger partial charge in [-0.15, -0.1) is 0 Å². The van der Waals surface area contributed by atoms with Crippen molar-refractivity contribution in [2.24, 2.45) is 5.92 Å². The second-order valence-electron chi connectivity index (χ2n) is 6.95. The second-order valence-corrected chi connectivity index (χ2v) is 6.95. The van der Waals surface area contributed by atoms with Crippen LogP contribution in [-0.4, -0.2) is 23.9 Å². The third-order valence-electron chi connectivity index (χ3n) is 4.83. The largest absolute Gasteiger partial charge is 0.366 e. The number of rotatable bonds is 4. The van der Waals surface area contributed by atoms with E-state index in [1.807, 2.05) is 30.0 Å². The minimum absolute atomic E-state index is 0.0172. The van der Waals surface area contributed by atoms with Crippen LogP contribution in [0.3, 0.4) is 0 Å². The number of hydrogen-bond donors (Lipinski definition) is 1. The van der Waals surface area contributed by atoms with Crippen molar-refractivity contribution >= 4 is 23.0 Å². The summed E-state index contributed by atoms with van der Waals surface area (Å²) in [6, 6.07) is 12.2. The highest BCUT2D eigenvalue weighted by Crippen LogP contribution is 2.32. The van der Waals surface area contributed by atoms with Crippen molar-refractivity contribution in [1.82, 2.24) is 0 Å². The van der Waals surface area contributed by atoms with E-state index in [4.69, 9.17) is 0 Å². The predicted molar refractivity (Wildman–Crippen MR) is 103 cm³/mol. The van der Waals surface area contributed by atoms with Gasteiger partial charge in [-0.25, -0.2) is 0 Å². The summed E-state index contributed by atoms with van der Waals surface area (Å²) in [5.74, 6) is 0.294. The van der Waals surface area contributed by atoms with Gasteiger partial charge in [0.1, 0.15) is 5.69 Å². The maximum Gasteiger partial charge on any atom is 0.293 e. The van der Waals surface area contributed by atoms with Gasteiger partial charge < -0.3 is 10.2 Å². The van der Waals surface area contributed by atoms with Gasteiger partial charge in [0.15, 0.2) is 0 Å². The summed E-state index contributed by atoms with van der Waals surface area (Å²) in [7, 11) is 0. The molecule has 1 aliphatic heterocycles. The number of amides is 1. The lowest BCUT2D eigenvalue weighted by Crippen LogP contribution is -2.33. The van der Waals surface area contributed by atoms with Gasteiger partial charge in [0.2, 0.25) is 0 Å². The number of nitrogens with zero attached hydrogens (tertiary/aromatic N) is 2. The van der Waals surface area contributed by atoms with Crippen LogP contribution in [0, 0.1) is 23.0 Å². The Hall–Kier alpha value is -2.89. The topological polar surface area (TPSA) is 75.5 Å². The summed E-state index contributed by atoms with van der Waals surface area (Å²) in [6.07, 6.45) is 2.04. The Morgan fingerprint density at radius 2 is 1.92 bits per heavy atom. The van der Waals surface area contributed by atoms with Gasteiger partial charge in [-0.05, 0) is 55.5 Å². The summed E-state index contributed by atoms with van der Waals surface area (Å²) in [5, 5.41) is 14.3. The molecule has 6 nitrogen and oxygen atoms in total. The number of piperidine rings is 1. The van der Waals surface area contributed by atoms with E-state index in [0.29, 0.717) is 17.3 Å². The van der Waals surface area contributed by atoms with Gasteiger partial charge in [0.05, 0.1) is 4.92 Å². The number of nitrogens with one attached hydrogen (secondary N) is 1. The van der Waals surface area contributed by atoms with E-state index < -0.39 is 4.92 Å². The molecule has 1 N–H and O–H groups in total. The van der Waals surface area contributed by atoms with Gasteiger partial charge >= 0.3 is 0 Å². The Kier molecular flexibility index (Phi) is 5.21. The molecule has 2 aromatic carbocycles. The van der Waals surface area contributed by atoms with Gasteiger partial charge in [0.25, 0.3) is 11.6 Å². The van der Waals surface area contributed by atoms with Crippen LogP contribution >= 0.6 is 0 Å². The summed E-state index contributed by atoms with van der Waals surface area (Å²) in [6.45, 7) is 5.74. The van der Waals surface area contributed by atoms with Crippen molar-refractivity contribution in [3.05, 3.63) is 63.7 Å². The number of nitro benzene ring substituents is 1. The maximum atomic E-state index is 12.5. The van der Waals surface area contributed by atoms with Crippen molar-refractivity contribution in [3.8, 4) is 0 Å². The quantitative estimate of drug-likeness (QED) is 0.653. The van der Waals surface area contributed by atoms with Crippen LogP contribution in [0.4, 0.5) is 17.1 Å². The molecule has 1 aliphatic rings. The number of hydrogen-bond acceptors (Lipinski definition) is 4. The molecule has 6 heteroatoms. The van der Waals surface area contributed by atoms with Crippen LogP contribution in [0.2, 0.25) is 0 Å². The molecular weight excluding hydrogens is 330 g/mol. The average Bonchev–Trinajstić information content (AvgIpc) is 2.62. The van der Waals surface area contributed by atoms with Gasteiger partial charge in [-0.3, -0.25) is 14.9 Å². The minimum Gasteiger partial charge on any atom is -0.366 e. The molecule has 0 spiro atoms. The highest BCUT2D eigenvalue weighted by molar-refractivity contribution is 6.05. The Balaban J connectivity index is 1.83. The van der Waals surface area contributed by atoms with Gasteiger partial charge in [-0.2, -0.15) is 0 Å². The number of benzene rings is 2. The smallest absolute Gasteiger partial charge is 0.293 e. The highest BCUT2D eigenvalue weighted by atomic mass is 16.6. The molecule has 0 saturated carbocycles. The molecule has 1 heterocycles. The molecule has 0 atom stereocenters. The summed E-state index contributed by atoms with van der Waals surface area (Å²) >= 11 is 0. The molecule has 136 valence electrons. The van der Waals surface area contributed by atoms with Crippen molar-refractivity contribution in [3.63, 3.8) is 0 Å². The molecule has 1 fully saturated rings. The Morgan fingerprint density at radius 1 is 1.19 bits per heavy atom. The Bertz CT molecular complexity index is 827. The lowest BCUT2D eigenvalue weighted by molar-refractivity contribution is -0.384. The summed E-state index contributed by atoms with van der Waals surface area (Å²) in [5.41, 5.74) is 2.56.